The highest BCUT2D eigenvalue weighted by Crippen LogP contribution is 2.22. The Hall–Kier alpha value is -1.30. The van der Waals surface area contributed by atoms with Crippen molar-refractivity contribution in [3.05, 3.63) is 0 Å². The Kier molecular flexibility index (Phi) is 6.95. The van der Waals surface area contributed by atoms with E-state index in [4.69, 9.17) is 9.84 Å². The van der Waals surface area contributed by atoms with Crippen molar-refractivity contribution < 1.29 is 19.4 Å². The Labute approximate surface area is 126 Å². The summed E-state index contributed by atoms with van der Waals surface area (Å²) in [4.78, 5) is 22.8. The van der Waals surface area contributed by atoms with Crippen LogP contribution in [0.2, 0.25) is 0 Å². The lowest BCUT2D eigenvalue weighted by Gasteiger charge is -2.27. The smallest absolute Gasteiger partial charge is 0.315 e. The number of hydrogen-bond donors (Lipinski definition) is 3. The van der Waals surface area contributed by atoms with Crippen LogP contribution in [0.4, 0.5) is 4.79 Å². The van der Waals surface area contributed by atoms with Crippen molar-refractivity contribution in [2.24, 2.45) is 5.41 Å². The molecule has 0 bridgehead atoms. The molecule has 0 aromatic rings. The molecule has 0 aromatic heterocycles. The number of carboxylic acid groups (broad SMARTS) is 1. The molecule has 122 valence electrons. The van der Waals surface area contributed by atoms with Gasteiger partial charge in [-0.05, 0) is 31.1 Å². The number of aliphatic carboxylic acids is 1. The van der Waals surface area contributed by atoms with Crippen LogP contribution in [-0.2, 0) is 9.53 Å². The second kappa shape index (κ2) is 8.22. The number of rotatable bonds is 6. The van der Waals surface area contributed by atoms with Gasteiger partial charge >= 0.3 is 12.0 Å². The summed E-state index contributed by atoms with van der Waals surface area (Å²) in [7, 11) is 0. The Balaban J connectivity index is 2.37. The average Bonchev–Trinajstić information content (AvgIpc) is 2.34. The van der Waals surface area contributed by atoms with Gasteiger partial charge in [0.15, 0.2) is 0 Å². The van der Waals surface area contributed by atoms with Crippen LogP contribution in [0.3, 0.4) is 0 Å². The van der Waals surface area contributed by atoms with Crippen LogP contribution in [0.15, 0.2) is 0 Å². The number of carboxylic acids is 1. The molecule has 0 saturated carbocycles. The maximum atomic E-state index is 11.9. The molecule has 0 aliphatic carbocycles. The molecule has 6 heteroatoms. The average molecular weight is 300 g/mol. The minimum Gasteiger partial charge on any atom is -0.481 e. The lowest BCUT2D eigenvalue weighted by atomic mass is 9.87. The first-order valence-corrected chi connectivity index (χ1v) is 7.64. The van der Waals surface area contributed by atoms with E-state index in [0.29, 0.717) is 13.0 Å². The zero-order chi connectivity index (χ0) is 15.9. The zero-order valence-corrected chi connectivity index (χ0v) is 13.3. The fraction of sp³-hybridized carbons (Fsp3) is 0.867. The van der Waals surface area contributed by atoms with Gasteiger partial charge in [0.05, 0.1) is 12.5 Å². The maximum Gasteiger partial charge on any atom is 0.315 e. The molecular formula is C15H28N2O4. The first-order chi connectivity index (χ1) is 9.76. The first kappa shape index (κ1) is 17.8. The molecule has 0 aromatic carbocycles. The fourth-order valence-corrected chi connectivity index (χ4v) is 2.54. The predicted molar refractivity (Wildman–Crippen MR) is 80.2 cm³/mol. The Morgan fingerprint density at radius 3 is 2.57 bits per heavy atom. The van der Waals surface area contributed by atoms with E-state index in [1.807, 2.05) is 20.8 Å². The summed E-state index contributed by atoms with van der Waals surface area (Å²) in [6.07, 6.45) is 3.79. The van der Waals surface area contributed by atoms with E-state index in [-0.39, 0.29) is 30.0 Å². The molecule has 0 radical (unpaired) electrons. The fourth-order valence-electron chi connectivity index (χ4n) is 2.54. The minimum atomic E-state index is -0.903. The standard InChI is InChI=1S/C15H28N2O4/c1-15(2,3)9-11(8-13(18)19)17-14(20)16-10-12-6-4-5-7-21-12/h11-12H,4-10H2,1-3H3,(H,18,19)(H2,16,17,20). The summed E-state index contributed by atoms with van der Waals surface area (Å²) in [5, 5.41) is 14.5. The molecule has 1 aliphatic rings. The van der Waals surface area contributed by atoms with Crippen molar-refractivity contribution in [2.45, 2.75) is 65.0 Å². The highest BCUT2D eigenvalue weighted by molar-refractivity contribution is 5.75. The van der Waals surface area contributed by atoms with Crippen LogP contribution in [0, 0.1) is 5.41 Å². The summed E-state index contributed by atoms with van der Waals surface area (Å²) in [5.74, 6) is -0.903. The van der Waals surface area contributed by atoms with E-state index in [0.717, 1.165) is 25.9 Å². The van der Waals surface area contributed by atoms with Gasteiger partial charge in [0.1, 0.15) is 0 Å². The van der Waals surface area contributed by atoms with Crippen LogP contribution in [0.5, 0.6) is 0 Å². The van der Waals surface area contributed by atoms with Gasteiger partial charge in [0.25, 0.3) is 0 Å². The number of carbonyl (C=O) groups excluding carboxylic acids is 1. The van der Waals surface area contributed by atoms with Gasteiger partial charge in [-0.2, -0.15) is 0 Å². The molecule has 1 rings (SSSR count). The van der Waals surface area contributed by atoms with Gasteiger partial charge in [-0.25, -0.2) is 4.79 Å². The molecule has 6 nitrogen and oxygen atoms in total. The highest BCUT2D eigenvalue weighted by Gasteiger charge is 2.23. The third kappa shape index (κ3) is 8.55. The van der Waals surface area contributed by atoms with Gasteiger partial charge in [0, 0.05) is 19.2 Å². The molecule has 2 atom stereocenters. The van der Waals surface area contributed by atoms with Crippen LogP contribution in [-0.4, -0.2) is 42.4 Å². The van der Waals surface area contributed by atoms with Crippen LogP contribution >= 0.6 is 0 Å². The molecule has 2 amide bonds. The largest absolute Gasteiger partial charge is 0.481 e. The molecule has 1 heterocycles. The van der Waals surface area contributed by atoms with E-state index < -0.39 is 5.97 Å². The van der Waals surface area contributed by atoms with Crippen LogP contribution < -0.4 is 10.6 Å². The van der Waals surface area contributed by atoms with E-state index in [2.05, 4.69) is 10.6 Å². The third-order valence-corrected chi connectivity index (χ3v) is 3.38. The van der Waals surface area contributed by atoms with Gasteiger partial charge in [-0.3, -0.25) is 4.79 Å². The predicted octanol–water partition coefficient (Wildman–Crippen LogP) is 2.13. The quantitative estimate of drug-likeness (QED) is 0.701. The summed E-state index contributed by atoms with van der Waals surface area (Å²) >= 11 is 0. The van der Waals surface area contributed by atoms with Gasteiger partial charge in [-0.1, -0.05) is 20.8 Å². The lowest BCUT2D eigenvalue weighted by Crippen LogP contribution is -2.47. The Morgan fingerprint density at radius 2 is 2.05 bits per heavy atom. The number of amides is 2. The normalized spacial score (nSPS) is 20.6. The second-order valence-electron chi connectivity index (χ2n) is 6.90. The van der Waals surface area contributed by atoms with Gasteiger partial charge in [-0.15, -0.1) is 0 Å². The number of nitrogens with one attached hydrogen (secondary N) is 2. The highest BCUT2D eigenvalue weighted by atomic mass is 16.5. The monoisotopic (exact) mass is 300 g/mol. The lowest BCUT2D eigenvalue weighted by molar-refractivity contribution is -0.137. The molecular weight excluding hydrogens is 272 g/mol. The molecule has 1 fully saturated rings. The maximum absolute atomic E-state index is 11.9. The number of urea groups is 1. The van der Waals surface area contributed by atoms with Crippen molar-refractivity contribution in [3.8, 4) is 0 Å². The van der Waals surface area contributed by atoms with Crippen molar-refractivity contribution in [1.82, 2.24) is 10.6 Å². The van der Waals surface area contributed by atoms with Crippen molar-refractivity contribution >= 4 is 12.0 Å². The Morgan fingerprint density at radius 1 is 1.33 bits per heavy atom. The summed E-state index contributed by atoms with van der Waals surface area (Å²) in [6, 6.07) is -0.686. The van der Waals surface area contributed by atoms with Gasteiger partial charge < -0.3 is 20.5 Å². The number of ether oxygens (including phenoxy) is 1. The van der Waals surface area contributed by atoms with E-state index in [1.54, 1.807) is 0 Å². The third-order valence-electron chi connectivity index (χ3n) is 3.38. The van der Waals surface area contributed by atoms with E-state index >= 15 is 0 Å². The van der Waals surface area contributed by atoms with Crippen molar-refractivity contribution in [3.63, 3.8) is 0 Å². The number of carbonyl (C=O) groups is 2. The molecule has 2 unspecified atom stereocenters. The molecule has 3 N–H and O–H groups in total. The van der Waals surface area contributed by atoms with Crippen molar-refractivity contribution in [2.75, 3.05) is 13.2 Å². The molecule has 1 aliphatic heterocycles. The second-order valence-corrected chi connectivity index (χ2v) is 6.90. The number of hydrogen-bond acceptors (Lipinski definition) is 3. The SMILES string of the molecule is CC(C)(C)CC(CC(=O)O)NC(=O)NCC1CCCCO1. The summed E-state index contributed by atoms with van der Waals surface area (Å²) < 4.78 is 5.54. The molecule has 0 spiro atoms. The first-order valence-electron chi connectivity index (χ1n) is 7.64. The van der Waals surface area contributed by atoms with E-state index in [9.17, 15) is 9.59 Å². The van der Waals surface area contributed by atoms with Crippen molar-refractivity contribution in [1.29, 1.82) is 0 Å². The Bertz CT molecular complexity index is 346. The van der Waals surface area contributed by atoms with Crippen LogP contribution in [0.1, 0.15) is 52.9 Å². The van der Waals surface area contributed by atoms with E-state index in [1.165, 1.54) is 0 Å². The van der Waals surface area contributed by atoms with Crippen LogP contribution in [0.25, 0.3) is 0 Å². The molecule has 21 heavy (non-hydrogen) atoms. The topological polar surface area (TPSA) is 87.7 Å². The zero-order valence-electron chi connectivity index (χ0n) is 13.3. The summed E-state index contributed by atoms with van der Waals surface area (Å²) in [5.41, 5.74) is -0.0418. The van der Waals surface area contributed by atoms with Gasteiger partial charge in [0.2, 0.25) is 0 Å². The summed E-state index contributed by atoms with van der Waals surface area (Å²) in [6.45, 7) is 7.30. The molecule has 1 saturated heterocycles. The minimum absolute atomic E-state index is 0.0418.